The molecule has 0 radical (unpaired) electrons. The summed E-state index contributed by atoms with van der Waals surface area (Å²) in [7, 11) is 1.89. The smallest absolute Gasteiger partial charge is 0.352 e. The van der Waals surface area contributed by atoms with Gasteiger partial charge in [0.15, 0.2) is 0 Å². The van der Waals surface area contributed by atoms with Crippen LogP contribution in [0.15, 0.2) is 36.4 Å². The molecule has 21 heavy (non-hydrogen) atoms. The lowest BCUT2D eigenvalue weighted by molar-refractivity contribution is 0.0686. The average Bonchev–Trinajstić information content (AvgIpc) is 3.01. The Bertz CT molecular complexity index is 814. The van der Waals surface area contributed by atoms with Gasteiger partial charge in [0.2, 0.25) is 0 Å². The van der Waals surface area contributed by atoms with E-state index in [0.717, 1.165) is 28.7 Å². The summed E-state index contributed by atoms with van der Waals surface area (Å²) >= 11 is 0. The minimum atomic E-state index is -0.913. The number of carboxylic acids is 1. The maximum atomic E-state index is 11.5. The summed E-state index contributed by atoms with van der Waals surface area (Å²) in [5.74, 6) is -0.913. The highest BCUT2D eigenvalue weighted by Gasteiger charge is 2.16. The van der Waals surface area contributed by atoms with Gasteiger partial charge in [-0.2, -0.15) is 5.10 Å². The number of rotatable bonds is 4. The Morgan fingerprint density at radius 3 is 2.71 bits per heavy atom. The summed E-state index contributed by atoms with van der Waals surface area (Å²) in [5, 5.41) is 14.8. The lowest BCUT2D eigenvalue weighted by Gasteiger charge is -2.08. The largest absolute Gasteiger partial charge is 0.477 e. The van der Waals surface area contributed by atoms with Crippen LogP contribution < -0.4 is 0 Å². The number of aryl methyl sites for hydroxylation is 2. The maximum absolute atomic E-state index is 11.5. The topological polar surface area (TPSA) is 60.1 Å². The lowest BCUT2D eigenvalue weighted by Crippen LogP contribution is -2.11. The predicted octanol–water partition coefficient (Wildman–Crippen LogP) is 2.68. The van der Waals surface area contributed by atoms with Crippen LogP contribution >= 0.6 is 0 Å². The molecule has 0 atom stereocenters. The van der Waals surface area contributed by atoms with Crippen LogP contribution in [0.3, 0.4) is 0 Å². The molecule has 0 aliphatic carbocycles. The van der Waals surface area contributed by atoms with E-state index in [1.54, 1.807) is 6.07 Å². The van der Waals surface area contributed by atoms with Crippen molar-refractivity contribution in [3.63, 3.8) is 0 Å². The molecule has 1 aromatic carbocycles. The summed E-state index contributed by atoms with van der Waals surface area (Å²) in [4.78, 5) is 11.5. The molecule has 0 saturated carbocycles. The van der Waals surface area contributed by atoms with Crippen LogP contribution in [-0.4, -0.2) is 25.4 Å². The van der Waals surface area contributed by atoms with Crippen LogP contribution in [0.4, 0.5) is 0 Å². The van der Waals surface area contributed by atoms with Crippen molar-refractivity contribution in [1.82, 2.24) is 14.3 Å². The second kappa shape index (κ2) is 5.09. The third-order valence-corrected chi connectivity index (χ3v) is 3.74. The monoisotopic (exact) mass is 283 g/mol. The van der Waals surface area contributed by atoms with Crippen molar-refractivity contribution in [2.75, 3.05) is 0 Å². The van der Waals surface area contributed by atoms with Gasteiger partial charge in [0.25, 0.3) is 0 Å². The van der Waals surface area contributed by atoms with Crippen LogP contribution in [0.5, 0.6) is 0 Å². The van der Waals surface area contributed by atoms with Crippen molar-refractivity contribution < 1.29 is 9.90 Å². The quantitative estimate of drug-likeness (QED) is 0.800. The van der Waals surface area contributed by atoms with Crippen molar-refractivity contribution >= 4 is 16.9 Å². The molecule has 0 fully saturated rings. The van der Waals surface area contributed by atoms with Gasteiger partial charge >= 0.3 is 5.97 Å². The standard InChI is InChI=1S/C16H17N3O2/c1-3-12-9-13(18(2)17-12)10-19-14-7-5-4-6-11(14)8-15(19)16(20)21/h4-9H,3,10H2,1-2H3,(H,20,21). The molecule has 3 rings (SSSR count). The normalized spacial score (nSPS) is 11.1. The number of carboxylic acid groups (broad SMARTS) is 1. The molecule has 2 aromatic heterocycles. The van der Waals surface area contributed by atoms with E-state index < -0.39 is 5.97 Å². The molecule has 2 heterocycles. The van der Waals surface area contributed by atoms with E-state index in [2.05, 4.69) is 12.0 Å². The van der Waals surface area contributed by atoms with Gasteiger partial charge in [0.1, 0.15) is 5.69 Å². The van der Waals surface area contributed by atoms with E-state index in [4.69, 9.17) is 0 Å². The molecule has 0 aliphatic rings. The van der Waals surface area contributed by atoms with Crippen LogP contribution in [-0.2, 0) is 20.0 Å². The number of para-hydroxylation sites is 1. The Morgan fingerprint density at radius 1 is 1.29 bits per heavy atom. The molecule has 108 valence electrons. The zero-order valence-electron chi connectivity index (χ0n) is 12.1. The first-order valence-electron chi connectivity index (χ1n) is 6.93. The minimum Gasteiger partial charge on any atom is -0.477 e. The lowest BCUT2D eigenvalue weighted by atomic mass is 10.2. The van der Waals surface area contributed by atoms with Gasteiger partial charge in [-0.1, -0.05) is 25.1 Å². The molecular formula is C16H17N3O2. The van der Waals surface area contributed by atoms with Crippen LogP contribution in [0.2, 0.25) is 0 Å². The van der Waals surface area contributed by atoms with Crippen molar-refractivity contribution in [2.45, 2.75) is 19.9 Å². The van der Waals surface area contributed by atoms with Crippen molar-refractivity contribution in [3.05, 3.63) is 53.5 Å². The zero-order valence-corrected chi connectivity index (χ0v) is 12.1. The molecule has 1 N–H and O–H groups in total. The SMILES string of the molecule is CCc1cc(Cn2c(C(=O)O)cc3ccccc32)n(C)n1. The molecule has 0 bridgehead atoms. The average molecular weight is 283 g/mol. The summed E-state index contributed by atoms with van der Waals surface area (Å²) in [5.41, 5.74) is 3.24. The Hall–Kier alpha value is -2.56. The fourth-order valence-electron chi connectivity index (χ4n) is 2.61. The second-order valence-electron chi connectivity index (χ2n) is 5.08. The molecule has 0 amide bonds. The summed E-state index contributed by atoms with van der Waals surface area (Å²) < 4.78 is 3.65. The zero-order chi connectivity index (χ0) is 15.0. The third kappa shape index (κ3) is 2.31. The summed E-state index contributed by atoms with van der Waals surface area (Å²) in [6.07, 6.45) is 0.867. The van der Waals surface area contributed by atoms with Gasteiger partial charge in [-0.25, -0.2) is 4.79 Å². The number of nitrogens with zero attached hydrogens (tertiary/aromatic N) is 3. The Labute approximate surface area is 122 Å². The van der Waals surface area contributed by atoms with E-state index in [-0.39, 0.29) is 0 Å². The molecule has 3 aromatic rings. The highest BCUT2D eigenvalue weighted by molar-refractivity contribution is 5.94. The first kappa shape index (κ1) is 13.4. The molecule has 0 saturated heterocycles. The molecule has 5 nitrogen and oxygen atoms in total. The highest BCUT2D eigenvalue weighted by Crippen LogP contribution is 2.21. The van der Waals surface area contributed by atoms with E-state index in [0.29, 0.717) is 12.2 Å². The summed E-state index contributed by atoms with van der Waals surface area (Å²) in [6, 6.07) is 11.5. The van der Waals surface area contributed by atoms with Gasteiger partial charge in [-0.3, -0.25) is 4.68 Å². The number of hydrogen-bond acceptors (Lipinski definition) is 2. The number of carbonyl (C=O) groups is 1. The van der Waals surface area contributed by atoms with Crippen LogP contribution in [0, 0.1) is 0 Å². The molecule has 0 aliphatic heterocycles. The van der Waals surface area contributed by atoms with E-state index in [1.165, 1.54) is 0 Å². The van der Waals surface area contributed by atoms with Gasteiger partial charge in [0, 0.05) is 18.0 Å². The Morgan fingerprint density at radius 2 is 2.05 bits per heavy atom. The van der Waals surface area contributed by atoms with Crippen LogP contribution in [0.1, 0.15) is 28.8 Å². The Balaban J connectivity index is 2.12. The molecule has 5 heteroatoms. The molecule has 0 unspecified atom stereocenters. The minimum absolute atomic E-state index is 0.301. The summed E-state index contributed by atoms with van der Waals surface area (Å²) in [6.45, 7) is 2.55. The van der Waals surface area contributed by atoms with E-state index in [1.807, 2.05) is 46.6 Å². The molecular weight excluding hydrogens is 266 g/mol. The van der Waals surface area contributed by atoms with Crippen molar-refractivity contribution in [2.24, 2.45) is 7.05 Å². The number of benzene rings is 1. The predicted molar refractivity (Wildman–Crippen MR) is 80.6 cm³/mol. The van der Waals surface area contributed by atoms with Crippen molar-refractivity contribution in [3.8, 4) is 0 Å². The van der Waals surface area contributed by atoms with E-state index >= 15 is 0 Å². The van der Waals surface area contributed by atoms with Crippen LogP contribution in [0.25, 0.3) is 10.9 Å². The van der Waals surface area contributed by atoms with Gasteiger partial charge in [-0.15, -0.1) is 0 Å². The van der Waals surface area contributed by atoms with Gasteiger partial charge < -0.3 is 9.67 Å². The maximum Gasteiger partial charge on any atom is 0.352 e. The van der Waals surface area contributed by atoms with Crippen molar-refractivity contribution in [1.29, 1.82) is 0 Å². The highest BCUT2D eigenvalue weighted by atomic mass is 16.4. The third-order valence-electron chi connectivity index (χ3n) is 3.74. The number of hydrogen-bond donors (Lipinski definition) is 1. The van der Waals surface area contributed by atoms with Gasteiger partial charge in [0.05, 0.1) is 17.9 Å². The first-order valence-corrected chi connectivity index (χ1v) is 6.93. The second-order valence-corrected chi connectivity index (χ2v) is 5.08. The number of aromatic carboxylic acids is 1. The number of aromatic nitrogens is 3. The van der Waals surface area contributed by atoms with E-state index in [9.17, 15) is 9.90 Å². The fourth-order valence-corrected chi connectivity index (χ4v) is 2.61. The number of fused-ring (bicyclic) bond motifs is 1. The Kier molecular flexibility index (Phi) is 3.25. The van der Waals surface area contributed by atoms with Gasteiger partial charge in [-0.05, 0) is 24.6 Å². The first-order chi connectivity index (χ1) is 10.1. The fraction of sp³-hybridized carbons (Fsp3) is 0.250. The molecule has 0 spiro atoms.